The molecule has 0 aliphatic heterocycles. The lowest BCUT2D eigenvalue weighted by molar-refractivity contribution is -0.118. The minimum absolute atomic E-state index is 0.0787. The van der Waals surface area contributed by atoms with E-state index in [-0.39, 0.29) is 17.4 Å². The number of Topliss-reactive ketones (excluding diaryl/α,β-unsaturated/α-hetero) is 1. The Hall–Kier alpha value is -3.61. The topological polar surface area (TPSA) is 72.4 Å². The molecule has 0 N–H and O–H groups in total. The van der Waals surface area contributed by atoms with Gasteiger partial charge in [0.05, 0.1) is 12.8 Å². The zero-order chi connectivity index (χ0) is 23.1. The predicted molar refractivity (Wildman–Crippen MR) is 121 cm³/mol. The fourth-order valence-corrected chi connectivity index (χ4v) is 3.27. The number of aryl methyl sites for hydroxylation is 1. The number of hydrogen-bond donors (Lipinski definition) is 0. The standard InChI is InChI=1S/C25H26FN3O3/c1-4-5-25(31)29(2)22-11-9-18(14-20(22)26)19-8-10-21(27-16-19)23(30)12-6-17-7-13-24(32-3)28-15-17/h7-11,13-16H,4-6,12H2,1-3H3. The van der Waals surface area contributed by atoms with E-state index in [2.05, 4.69) is 9.97 Å². The van der Waals surface area contributed by atoms with E-state index >= 15 is 0 Å². The van der Waals surface area contributed by atoms with Gasteiger partial charge in [-0.05, 0) is 42.2 Å². The summed E-state index contributed by atoms with van der Waals surface area (Å²) in [4.78, 5) is 34.2. The lowest BCUT2D eigenvalue weighted by Crippen LogP contribution is -2.26. The van der Waals surface area contributed by atoms with Gasteiger partial charge in [-0.15, -0.1) is 0 Å². The zero-order valence-corrected chi connectivity index (χ0v) is 18.5. The highest BCUT2D eigenvalue weighted by atomic mass is 19.1. The largest absolute Gasteiger partial charge is 0.481 e. The maximum Gasteiger partial charge on any atom is 0.226 e. The SMILES string of the molecule is CCCC(=O)N(C)c1ccc(-c2ccc(C(=O)CCc3ccc(OC)nc3)nc2)cc1F. The van der Waals surface area contributed by atoms with Crippen molar-refractivity contribution in [2.45, 2.75) is 32.6 Å². The highest BCUT2D eigenvalue weighted by Gasteiger charge is 2.15. The Balaban J connectivity index is 1.66. The molecular weight excluding hydrogens is 409 g/mol. The minimum atomic E-state index is -0.484. The van der Waals surface area contributed by atoms with Crippen LogP contribution in [0.2, 0.25) is 0 Å². The molecule has 2 heterocycles. The Morgan fingerprint density at radius 2 is 1.78 bits per heavy atom. The normalized spacial score (nSPS) is 10.6. The minimum Gasteiger partial charge on any atom is -0.481 e. The van der Waals surface area contributed by atoms with E-state index in [4.69, 9.17) is 4.74 Å². The molecule has 1 amide bonds. The molecule has 0 saturated carbocycles. The van der Waals surface area contributed by atoms with E-state index in [1.54, 1.807) is 56.9 Å². The van der Waals surface area contributed by atoms with Crippen molar-refractivity contribution in [3.63, 3.8) is 0 Å². The third-order valence-corrected chi connectivity index (χ3v) is 5.18. The number of benzene rings is 1. The van der Waals surface area contributed by atoms with Crippen LogP contribution in [0.5, 0.6) is 5.88 Å². The number of aromatic nitrogens is 2. The number of halogens is 1. The highest BCUT2D eigenvalue weighted by molar-refractivity contribution is 5.95. The van der Waals surface area contributed by atoms with Crippen molar-refractivity contribution >= 4 is 17.4 Å². The average Bonchev–Trinajstić information content (AvgIpc) is 2.82. The molecule has 0 unspecified atom stereocenters. The van der Waals surface area contributed by atoms with Crippen molar-refractivity contribution in [1.82, 2.24) is 9.97 Å². The van der Waals surface area contributed by atoms with E-state index in [0.29, 0.717) is 48.4 Å². The average molecular weight is 435 g/mol. The lowest BCUT2D eigenvalue weighted by Gasteiger charge is -2.18. The van der Waals surface area contributed by atoms with Crippen LogP contribution < -0.4 is 9.64 Å². The lowest BCUT2D eigenvalue weighted by atomic mass is 10.0. The third kappa shape index (κ3) is 5.55. The number of carbonyl (C=O) groups excluding carboxylic acids is 2. The summed E-state index contributed by atoms with van der Waals surface area (Å²) >= 11 is 0. The first-order valence-electron chi connectivity index (χ1n) is 10.5. The molecule has 7 heteroatoms. The van der Waals surface area contributed by atoms with Crippen LogP contribution in [0.4, 0.5) is 10.1 Å². The van der Waals surface area contributed by atoms with Crippen LogP contribution in [0.1, 0.15) is 42.2 Å². The Bertz CT molecular complexity index is 1080. The van der Waals surface area contributed by atoms with E-state index in [0.717, 1.165) is 5.56 Å². The van der Waals surface area contributed by atoms with Gasteiger partial charge in [-0.1, -0.05) is 25.1 Å². The van der Waals surface area contributed by atoms with Gasteiger partial charge in [0.25, 0.3) is 0 Å². The maximum atomic E-state index is 14.6. The molecule has 1 aromatic carbocycles. The smallest absolute Gasteiger partial charge is 0.226 e. The fourth-order valence-electron chi connectivity index (χ4n) is 3.27. The van der Waals surface area contributed by atoms with Crippen LogP contribution in [-0.2, 0) is 11.2 Å². The van der Waals surface area contributed by atoms with Crippen molar-refractivity contribution in [1.29, 1.82) is 0 Å². The number of pyridine rings is 2. The first kappa shape index (κ1) is 23.1. The van der Waals surface area contributed by atoms with Crippen LogP contribution in [0, 0.1) is 5.82 Å². The summed E-state index contributed by atoms with van der Waals surface area (Å²) in [5.74, 6) is -0.164. The summed E-state index contributed by atoms with van der Waals surface area (Å²) in [5.41, 5.74) is 2.85. The first-order valence-corrected chi connectivity index (χ1v) is 10.5. The second-order valence-electron chi connectivity index (χ2n) is 7.43. The van der Waals surface area contributed by atoms with E-state index < -0.39 is 5.82 Å². The van der Waals surface area contributed by atoms with Gasteiger partial charge in [0.15, 0.2) is 5.78 Å². The molecule has 0 saturated heterocycles. The number of ketones is 1. The summed E-state index contributed by atoms with van der Waals surface area (Å²) in [6.07, 6.45) is 5.18. The summed E-state index contributed by atoms with van der Waals surface area (Å²) in [5, 5.41) is 0. The van der Waals surface area contributed by atoms with Gasteiger partial charge < -0.3 is 9.64 Å². The number of hydrogen-bond acceptors (Lipinski definition) is 5. The van der Waals surface area contributed by atoms with Gasteiger partial charge in [0, 0.05) is 43.9 Å². The third-order valence-electron chi connectivity index (χ3n) is 5.18. The molecule has 6 nitrogen and oxygen atoms in total. The van der Waals surface area contributed by atoms with Crippen LogP contribution in [0.25, 0.3) is 11.1 Å². The fraction of sp³-hybridized carbons (Fsp3) is 0.280. The van der Waals surface area contributed by atoms with Gasteiger partial charge in [-0.3, -0.25) is 14.6 Å². The summed E-state index contributed by atoms with van der Waals surface area (Å²) in [6, 6.07) is 11.7. The zero-order valence-electron chi connectivity index (χ0n) is 18.5. The molecule has 0 aliphatic carbocycles. The Morgan fingerprint density at radius 1 is 1.00 bits per heavy atom. The molecule has 32 heavy (non-hydrogen) atoms. The number of nitrogens with zero attached hydrogens (tertiary/aromatic N) is 3. The quantitative estimate of drug-likeness (QED) is 0.449. The molecule has 0 atom stereocenters. The van der Waals surface area contributed by atoms with Gasteiger partial charge in [-0.2, -0.15) is 0 Å². The van der Waals surface area contributed by atoms with Crippen molar-refractivity contribution in [2.24, 2.45) is 0 Å². The second kappa shape index (κ2) is 10.6. The number of ether oxygens (including phenoxy) is 1. The van der Waals surface area contributed by atoms with E-state index in [9.17, 15) is 14.0 Å². The number of rotatable bonds is 9. The van der Waals surface area contributed by atoms with Gasteiger partial charge in [-0.25, -0.2) is 9.37 Å². The van der Waals surface area contributed by atoms with Crippen molar-refractivity contribution < 1.29 is 18.7 Å². The molecule has 0 aliphatic rings. The molecular formula is C25H26FN3O3. The van der Waals surface area contributed by atoms with Crippen LogP contribution in [0.15, 0.2) is 54.9 Å². The summed E-state index contributed by atoms with van der Waals surface area (Å²) in [6.45, 7) is 1.91. The Kier molecular flexibility index (Phi) is 7.65. The predicted octanol–water partition coefficient (Wildman–Crippen LogP) is 4.87. The second-order valence-corrected chi connectivity index (χ2v) is 7.43. The molecule has 0 fully saturated rings. The molecule has 0 spiro atoms. The first-order chi connectivity index (χ1) is 15.4. The highest BCUT2D eigenvalue weighted by Crippen LogP contribution is 2.26. The van der Waals surface area contributed by atoms with Crippen molar-refractivity contribution in [3.8, 4) is 17.0 Å². The summed E-state index contributed by atoms with van der Waals surface area (Å²) < 4.78 is 19.7. The molecule has 3 aromatic rings. The van der Waals surface area contributed by atoms with Crippen molar-refractivity contribution in [3.05, 3.63) is 71.9 Å². The number of carbonyl (C=O) groups is 2. The molecule has 0 radical (unpaired) electrons. The number of amides is 1. The molecule has 0 bridgehead atoms. The van der Waals surface area contributed by atoms with Crippen LogP contribution >= 0.6 is 0 Å². The molecule has 2 aromatic heterocycles. The van der Waals surface area contributed by atoms with Crippen LogP contribution in [-0.4, -0.2) is 35.8 Å². The van der Waals surface area contributed by atoms with E-state index in [1.807, 2.05) is 13.0 Å². The molecule has 3 rings (SSSR count). The number of anilines is 1. The van der Waals surface area contributed by atoms with E-state index in [1.165, 1.54) is 11.0 Å². The monoisotopic (exact) mass is 435 g/mol. The number of methoxy groups -OCH3 is 1. The van der Waals surface area contributed by atoms with Gasteiger partial charge in [0.1, 0.15) is 11.5 Å². The summed E-state index contributed by atoms with van der Waals surface area (Å²) in [7, 11) is 3.12. The van der Waals surface area contributed by atoms with Crippen molar-refractivity contribution in [2.75, 3.05) is 19.1 Å². The van der Waals surface area contributed by atoms with Crippen LogP contribution in [0.3, 0.4) is 0 Å². The van der Waals surface area contributed by atoms with Gasteiger partial charge >= 0.3 is 0 Å². The van der Waals surface area contributed by atoms with Gasteiger partial charge in [0.2, 0.25) is 11.8 Å². The molecule has 166 valence electrons. The Morgan fingerprint density at radius 3 is 2.38 bits per heavy atom. The maximum absolute atomic E-state index is 14.6. The Labute approximate surface area is 187 Å².